The quantitative estimate of drug-likeness (QED) is 0.727. The molecular formula is C19H34N2O4. The van der Waals surface area contributed by atoms with Gasteiger partial charge in [-0.25, -0.2) is 4.79 Å². The molecule has 2 atom stereocenters. The summed E-state index contributed by atoms with van der Waals surface area (Å²) >= 11 is 0. The standard InChI is InChI=1S/C19H34N2O4/c1-4-13-21(17(22)9-12-20-18(23)24-3)15-14-16(25-5-2)19(15)10-7-6-8-11-19/h15-16H,4-14H2,1-3H3,(H,20,23)/t15-,16+/m0/s1. The lowest BCUT2D eigenvalue weighted by Gasteiger charge is -2.60. The van der Waals surface area contributed by atoms with Gasteiger partial charge in [0.15, 0.2) is 0 Å². The molecule has 6 heteroatoms. The summed E-state index contributed by atoms with van der Waals surface area (Å²) < 4.78 is 10.6. The van der Waals surface area contributed by atoms with Crippen molar-refractivity contribution in [3.05, 3.63) is 0 Å². The molecule has 25 heavy (non-hydrogen) atoms. The van der Waals surface area contributed by atoms with E-state index in [4.69, 9.17) is 4.74 Å². The molecule has 1 spiro atoms. The van der Waals surface area contributed by atoms with Crippen LogP contribution in [0.5, 0.6) is 0 Å². The fourth-order valence-corrected chi connectivity index (χ4v) is 4.65. The number of nitrogens with zero attached hydrogens (tertiary/aromatic N) is 1. The van der Waals surface area contributed by atoms with Crippen LogP contribution >= 0.6 is 0 Å². The molecule has 2 aliphatic rings. The second-order valence-electron chi connectivity index (χ2n) is 7.24. The van der Waals surface area contributed by atoms with Gasteiger partial charge in [0.25, 0.3) is 0 Å². The van der Waals surface area contributed by atoms with Crippen molar-refractivity contribution in [2.24, 2.45) is 5.41 Å². The van der Waals surface area contributed by atoms with Crippen molar-refractivity contribution in [3.63, 3.8) is 0 Å². The summed E-state index contributed by atoms with van der Waals surface area (Å²) in [5.41, 5.74) is 0.148. The van der Waals surface area contributed by atoms with Gasteiger partial charge in [-0.1, -0.05) is 26.2 Å². The van der Waals surface area contributed by atoms with Gasteiger partial charge in [-0.3, -0.25) is 4.79 Å². The monoisotopic (exact) mass is 354 g/mol. The maximum Gasteiger partial charge on any atom is 0.406 e. The van der Waals surface area contributed by atoms with Gasteiger partial charge in [-0.15, -0.1) is 0 Å². The van der Waals surface area contributed by atoms with E-state index < -0.39 is 6.09 Å². The number of nitrogens with one attached hydrogen (secondary N) is 1. The van der Waals surface area contributed by atoms with Crippen LogP contribution in [0.2, 0.25) is 0 Å². The van der Waals surface area contributed by atoms with Crippen LogP contribution in [0.4, 0.5) is 4.79 Å². The van der Waals surface area contributed by atoms with Gasteiger partial charge in [-0.05, 0) is 32.6 Å². The topological polar surface area (TPSA) is 67.9 Å². The lowest BCUT2D eigenvalue weighted by molar-refractivity contribution is -0.188. The first-order valence-electron chi connectivity index (χ1n) is 9.82. The number of rotatable bonds is 8. The Morgan fingerprint density at radius 3 is 2.52 bits per heavy atom. The van der Waals surface area contributed by atoms with E-state index in [0.717, 1.165) is 38.8 Å². The van der Waals surface area contributed by atoms with Gasteiger partial charge < -0.3 is 19.7 Å². The van der Waals surface area contributed by atoms with Crippen molar-refractivity contribution in [2.75, 3.05) is 26.8 Å². The largest absolute Gasteiger partial charge is 0.453 e. The molecule has 0 radical (unpaired) electrons. The van der Waals surface area contributed by atoms with Crippen molar-refractivity contribution in [2.45, 2.75) is 77.4 Å². The Morgan fingerprint density at radius 1 is 1.20 bits per heavy atom. The van der Waals surface area contributed by atoms with Gasteiger partial charge in [0.1, 0.15) is 0 Å². The van der Waals surface area contributed by atoms with Crippen LogP contribution in [0.15, 0.2) is 0 Å². The van der Waals surface area contributed by atoms with E-state index in [1.54, 1.807) is 0 Å². The van der Waals surface area contributed by atoms with E-state index in [9.17, 15) is 9.59 Å². The molecular weight excluding hydrogens is 320 g/mol. The van der Waals surface area contributed by atoms with E-state index in [1.165, 1.54) is 26.4 Å². The molecule has 1 N–H and O–H groups in total. The molecule has 0 aliphatic heterocycles. The minimum absolute atomic E-state index is 0.128. The molecule has 0 aromatic carbocycles. The molecule has 6 nitrogen and oxygen atoms in total. The number of ether oxygens (including phenoxy) is 2. The van der Waals surface area contributed by atoms with E-state index in [2.05, 4.69) is 28.8 Å². The fourth-order valence-electron chi connectivity index (χ4n) is 4.65. The summed E-state index contributed by atoms with van der Waals surface area (Å²) in [6.45, 7) is 6.00. The number of methoxy groups -OCH3 is 1. The fraction of sp³-hybridized carbons (Fsp3) is 0.895. The van der Waals surface area contributed by atoms with Crippen LogP contribution in [-0.2, 0) is 14.3 Å². The zero-order valence-corrected chi connectivity index (χ0v) is 16.0. The molecule has 0 aromatic heterocycles. The predicted molar refractivity (Wildman–Crippen MR) is 96.4 cm³/mol. The van der Waals surface area contributed by atoms with Gasteiger partial charge in [0.2, 0.25) is 5.91 Å². The smallest absolute Gasteiger partial charge is 0.406 e. The molecule has 144 valence electrons. The molecule has 2 amide bonds. The second kappa shape index (κ2) is 9.41. The second-order valence-corrected chi connectivity index (χ2v) is 7.24. The number of carbonyl (C=O) groups excluding carboxylic acids is 2. The SMILES string of the molecule is CCCN(C(=O)CCNC(=O)OC)[C@H]1C[C@@H](OCC)C12CCCCC2. The van der Waals surface area contributed by atoms with Crippen molar-refractivity contribution >= 4 is 12.0 Å². The van der Waals surface area contributed by atoms with E-state index in [0.29, 0.717) is 19.1 Å². The minimum Gasteiger partial charge on any atom is -0.453 e. The number of amides is 2. The third kappa shape index (κ3) is 4.46. The van der Waals surface area contributed by atoms with Crippen LogP contribution in [0.1, 0.15) is 65.2 Å². The molecule has 2 saturated carbocycles. The molecule has 0 unspecified atom stereocenters. The molecule has 2 aliphatic carbocycles. The Hall–Kier alpha value is -1.30. The number of carbonyl (C=O) groups is 2. The summed E-state index contributed by atoms with van der Waals surface area (Å²) in [6, 6.07) is 0.287. The Kier molecular flexibility index (Phi) is 7.54. The Balaban J connectivity index is 2.02. The third-order valence-electron chi connectivity index (χ3n) is 5.85. The minimum atomic E-state index is -0.487. The number of alkyl carbamates (subject to hydrolysis) is 1. The van der Waals surface area contributed by atoms with Crippen LogP contribution in [-0.4, -0.2) is 55.9 Å². The normalized spacial score (nSPS) is 24.4. The zero-order chi connectivity index (χ0) is 18.3. The Morgan fingerprint density at radius 2 is 1.92 bits per heavy atom. The van der Waals surface area contributed by atoms with Gasteiger partial charge >= 0.3 is 6.09 Å². The van der Waals surface area contributed by atoms with Crippen LogP contribution in [0.3, 0.4) is 0 Å². The first-order chi connectivity index (χ1) is 12.1. The third-order valence-corrected chi connectivity index (χ3v) is 5.85. The predicted octanol–water partition coefficient (Wildman–Crippen LogP) is 3.10. The average Bonchev–Trinajstić information content (AvgIpc) is 2.63. The summed E-state index contributed by atoms with van der Waals surface area (Å²) in [4.78, 5) is 26.1. The highest BCUT2D eigenvalue weighted by Crippen LogP contribution is 2.55. The van der Waals surface area contributed by atoms with Crippen molar-refractivity contribution in [1.82, 2.24) is 10.2 Å². The highest BCUT2D eigenvalue weighted by Gasteiger charge is 2.58. The van der Waals surface area contributed by atoms with Gasteiger partial charge in [0.05, 0.1) is 13.2 Å². The maximum absolute atomic E-state index is 12.8. The summed E-state index contributed by atoms with van der Waals surface area (Å²) in [5, 5.41) is 2.60. The highest BCUT2D eigenvalue weighted by molar-refractivity contribution is 5.78. The molecule has 0 bridgehead atoms. The summed E-state index contributed by atoms with van der Waals surface area (Å²) in [7, 11) is 1.33. The first-order valence-corrected chi connectivity index (χ1v) is 9.82. The number of hydrogen-bond donors (Lipinski definition) is 1. The average molecular weight is 354 g/mol. The Labute approximate surface area is 151 Å². The van der Waals surface area contributed by atoms with Crippen LogP contribution in [0, 0.1) is 5.41 Å². The highest BCUT2D eigenvalue weighted by atomic mass is 16.5. The molecule has 0 aromatic rings. The zero-order valence-electron chi connectivity index (χ0n) is 16.0. The summed E-state index contributed by atoms with van der Waals surface area (Å²) in [5.74, 6) is 0.128. The first kappa shape index (κ1) is 20.0. The van der Waals surface area contributed by atoms with Crippen LogP contribution in [0.25, 0.3) is 0 Å². The van der Waals surface area contributed by atoms with E-state index >= 15 is 0 Å². The number of hydrogen-bond acceptors (Lipinski definition) is 4. The Bertz CT molecular complexity index is 449. The van der Waals surface area contributed by atoms with Gasteiger partial charge in [-0.2, -0.15) is 0 Å². The van der Waals surface area contributed by atoms with Crippen LogP contribution < -0.4 is 5.32 Å². The van der Waals surface area contributed by atoms with Crippen molar-refractivity contribution in [3.8, 4) is 0 Å². The van der Waals surface area contributed by atoms with E-state index in [1.807, 2.05) is 0 Å². The van der Waals surface area contributed by atoms with E-state index in [-0.39, 0.29) is 17.4 Å². The lowest BCUT2D eigenvalue weighted by Crippen LogP contribution is -2.66. The molecule has 2 rings (SSSR count). The van der Waals surface area contributed by atoms with Gasteiger partial charge in [0, 0.05) is 37.6 Å². The molecule has 0 saturated heterocycles. The molecule has 2 fully saturated rings. The molecule has 0 heterocycles. The van der Waals surface area contributed by atoms with Crippen molar-refractivity contribution in [1.29, 1.82) is 0 Å². The summed E-state index contributed by atoms with van der Waals surface area (Å²) in [6.07, 6.45) is 8.11. The lowest BCUT2D eigenvalue weighted by atomic mass is 9.54. The van der Waals surface area contributed by atoms with Crippen molar-refractivity contribution < 1.29 is 19.1 Å². The maximum atomic E-state index is 12.8.